The lowest BCUT2D eigenvalue weighted by molar-refractivity contribution is -0.115. The van der Waals surface area contributed by atoms with Crippen LogP contribution in [-0.4, -0.2) is 68.7 Å². The summed E-state index contributed by atoms with van der Waals surface area (Å²) in [7, 11) is 0. The van der Waals surface area contributed by atoms with Crippen LogP contribution in [0.15, 0.2) is 36.3 Å². The van der Waals surface area contributed by atoms with Gasteiger partial charge in [-0.05, 0) is 31.1 Å². The van der Waals surface area contributed by atoms with E-state index in [0.29, 0.717) is 29.1 Å². The van der Waals surface area contributed by atoms with E-state index in [4.69, 9.17) is 9.97 Å². The highest BCUT2D eigenvalue weighted by atomic mass is 16.2. The normalized spacial score (nSPS) is 19.8. The van der Waals surface area contributed by atoms with Crippen molar-refractivity contribution in [3.63, 3.8) is 0 Å². The molecule has 6 rings (SSSR count). The number of aromatic nitrogens is 5. The van der Waals surface area contributed by atoms with Crippen molar-refractivity contribution in [3.8, 4) is 0 Å². The van der Waals surface area contributed by atoms with Crippen molar-refractivity contribution in [1.29, 1.82) is 0 Å². The van der Waals surface area contributed by atoms with Crippen LogP contribution in [0.5, 0.6) is 0 Å². The molecular formula is C21H22N10O2. The summed E-state index contributed by atoms with van der Waals surface area (Å²) in [4.78, 5) is 41.8. The molecule has 3 fully saturated rings. The van der Waals surface area contributed by atoms with Gasteiger partial charge in [0, 0.05) is 44.0 Å². The first-order chi connectivity index (χ1) is 16.1. The standard InChI is InChI=1S/C21H22N10O2/c32-18-15(25-21(33)27-18)11-13-12-23-31-17(13)26-19(28-20(31)24-14-4-5-14)30-9-7-29(8-10-30)16-3-1-2-6-22-16/h1-3,6,11-12,14H,4-5,7-10H2,(H,24,26,28)(H2,25,27,32,33)/b15-11-. The summed E-state index contributed by atoms with van der Waals surface area (Å²) in [6.07, 6.45) is 7.19. The van der Waals surface area contributed by atoms with Crippen LogP contribution in [0.2, 0.25) is 0 Å². The van der Waals surface area contributed by atoms with Gasteiger partial charge in [-0.2, -0.15) is 19.6 Å². The maximum atomic E-state index is 12.0. The summed E-state index contributed by atoms with van der Waals surface area (Å²) in [5.41, 5.74) is 1.35. The minimum atomic E-state index is -0.542. The van der Waals surface area contributed by atoms with E-state index >= 15 is 0 Å². The van der Waals surface area contributed by atoms with Gasteiger partial charge in [0.15, 0.2) is 5.65 Å². The quantitative estimate of drug-likeness (QED) is 0.381. The molecular weight excluding hydrogens is 424 g/mol. The van der Waals surface area contributed by atoms with Crippen molar-refractivity contribution < 1.29 is 9.59 Å². The molecule has 168 valence electrons. The Morgan fingerprint density at radius 1 is 1.03 bits per heavy atom. The summed E-state index contributed by atoms with van der Waals surface area (Å²) in [6.45, 7) is 3.11. The Morgan fingerprint density at radius 2 is 1.85 bits per heavy atom. The smallest absolute Gasteiger partial charge is 0.326 e. The predicted octanol–water partition coefficient (Wildman–Crippen LogP) is 0.600. The average Bonchev–Trinajstić information content (AvgIpc) is 3.47. The Bertz CT molecular complexity index is 1260. The van der Waals surface area contributed by atoms with Crippen LogP contribution < -0.4 is 25.8 Å². The fourth-order valence-corrected chi connectivity index (χ4v) is 3.94. The summed E-state index contributed by atoms with van der Waals surface area (Å²) >= 11 is 0. The molecule has 0 radical (unpaired) electrons. The number of hydrogen-bond acceptors (Lipinski definition) is 9. The second kappa shape index (κ2) is 7.73. The van der Waals surface area contributed by atoms with Crippen molar-refractivity contribution in [1.82, 2.24) is 35.2 Å². The first-order valence-corrected chi connectivity index (χ1v) is 10.9. The van der Waals surface area contributed by atoms with E-state index < -0.39 is 11.9 Å². The van der Waals surface area contributed by atoms with Crippen molar-refractivity contribution >= 4 is 41.4 Å². The van der Waals surface area contributed by atoms with E-state index in [1.165, 1.54) is 0 Å². The van der Waals surface area contributed by atoms with Gasteiger partial charge in [0.05, 0.1) is 6.20 Å². The number of piperazine rings is 1. The number of nitrogens with zero attached hydrogens (tertiary/aromatic N) is 7. The third kappa shape index (κ3) is 3.79. The molecule has 3 aliphatic rings. The molecule has 33 heavy (non-hydrogen) atoms. The van der Waals surface area contributed by atoms with Crippen LogP contribution in [-0.2, 0) is 4.79 Å². The number of imide groups is 1. The van der Waals surface area contributed by atoms with Crippen LogP contribution in [0.3, 0.4) is 0 Å². The molecule has 0 unspecified atom stereocenters. The number of amides is 3. The minimum absolute atomic E-state index is 0.163. The molecule has 0 aromatic carbocycles. The van der Waals surface area contributed by atoms with Gasteiger partial charge in [0.1, 0.15) is 11.5 Å². The number of nitrogens with one attached hydrogen (secondary N) is 3. The molecule has 0 spiro atoms. The Kier molecular flexibility index (Phi) is 4.56. The first kappa shape index (κ1) is 19.5. The molecule has 2 saturated heterocycles. The van der Waals surface area contributed by atoms with Crippen LogP contribution in [0.1, 0.15) is 18.4 Å². The Balaban J connectivity index is 1.32. The zero-order valence-electron chi connectivity index (χ0n) is 17.7. The number of rotatable bonds is 5. The Hall–Kier alpha value is -4.22. The van der Waals surface area contributed by atoms with E-state index in [2.05, 4.69) is 35.8 Å². The molecule has 3 aromatic rings. The molecule has 3 N–H and O–H groups in total. The molecule has 2 aliphatic heterocycles. The van der Waals surface area contributed by atoms with Gasteiger partial charge in [0.2, 0.25) is 11.9 Å². The van der Waals surface area contributed by atoms with Crippen molar-refractivity contribution in [2.75, 3.05) is 41.3 Å². The third-order valence-corrected chi connectivity index (χ3v) is 5.85. The minimum Gasteiger partial charge on any atom is -0.353 e. The number of carbonyl (C=O) groups excluding carboxylic acids is 2. The van der Waals surface area contributed by atoms with Gasteiger partial charge in [-0.1, -0.05) is 6.07 Å². The highest BCUT2D eigenvalue weighted by Crippen LogP contribution is 2.27. The number of hydrogen-bond donors (Lipinski definition) is 3. The maximum Gasteiger partial charge on any atom is 0.326 e. The summed E-state index contributed by atoms with van der Waals surface area (Å²) in [5.74, 6) is 1.71. The zero-order valence-corrected chi connectivity index (χ0v) is 17.7. The van der Waals surface area contributed by atoms with Crippen LogP contribution >= 0.6 is 0 Å². The zero-order chi connectivity index (χ0) is 22.4. The molecule has 12 nitrogen and oxygen atoms in total. The summed E-state index contributed by atoms with van der Waals surface area (Å²) in [5, 5.41) is 12.6. The molecule has 3 aromatic heterocycles. The molecule has 1 saturated carbocycles. The maximum absolute atomic E-state index is 12.0. The lowest BCUT2D eigenvalue weighted by Crippen LogP contribution is -2.47. The lowest BCUT2D eigenvalue weighted by atomic mass is 10.2. The summed E-state index contributed by atoms with van der Waals surface area (Å²) < 4.78 is 1.65. The number of urea groups is 1. The van der Waals surface area contributed by atoms with E-state index in [0.717, 1.165) is 44.8 Å². The summed E-state index contributed by atoms with van der Waals surface area (Å²) in [6, 6.07) is 5.75. The largest absolute Gasteiger partial charge is 0.353 e. The van der Waals surface area contributed by atoms with E-state index in [-0.39, 0.29) is 5.70 Å². The van der Waals surface area contributed by atoms with Gasteiger partial charge in [-0.25, -0.2) is 9.78 Å². The van der Waals surface area contributed by atoms with Gasteiger partial charge >= 0.3 is 6.03 Å². The first-order valence-electron chi connectivity index (χ1n) is 10.9. The monoisotopic (exact) mass is 446 g/mol. The van der Waals surface area contributed by atoms with Gasteiger partial charge in [0.25, 0.3) is 5.91 Å². The number of anilines is 3. The van der Waals surface area contributed by atoms with Gasteiger partial charge in [-0.15, -0.1) is 0 Å². The van der Waals surface area contributed by atoms with E-state index in [1.54, 1.807) is 23.0 Å². The van der Waals surface area contributed by atoms with E-state index in [9.17, 15) is 9.59 Å². The molecule has 5 heterocycles. The highest BCUT2D eigenvalue weighted by molar-refractivity contribution is 6.14. The highest BCUT2D eigenvalue weighted by Gasteiger charge is 2.27. The van der Waals surface area contributed by atoms with Gasteiger partial charge < -0.3 is 20.4 Å². The van der Waals surface area contributed by atoms with Crippen molar-refractivity contribution in [2.24, 2.45) is 0 Å². The predicted molar refractivity (Wildman–Crippen MR) is 121 cm³/mol. The number of carbonyl (C=O) groups is 2. The van der Waals surface area contributed by atoms with Gasteiger partial charge in [-0.3, -0.25) is 10.1 Å². The topological polar surface area (TPSA) is 133 Å². The second-order valence-corrected chi connectivity index (χ2v) is 8.23. The molecule has 1 aliphatic carbocycles. The molecule has 3 amide bonds. The average molecular weight is 446 g/mol. The van der Waals surface area contributed by atoms with Crippen LogP contribution in [0.4, 0.5) is 22.5 Å². The van der Waals surface area contributed by atoms with Crippen LogP contribution in [0, 0.1) is 0 Å². The van der Waals surface area contributed by atoms with Crippen molar-refractivity contribution in [3.05, 3.63) is 41.9 Å². The molecule has 0 bridgehead atoms. The number of pyridine rings is 1. The second-order valence-electron chi connectivity index (χ2n) is 8.23. The fourth-order valence-electron chi connectivity index (χ4n) is 3.94. The Labute approximate surface area is 188 Å². The Morgan fingerprint density at radius 3 is 2.55 bits per heavy atom. The molecule has 0 atom stereocenters. The number of fused-ring (bicyclic) bond motifs is 1. The molecule has 12 heteroatoms. The fraction of sp³-hybridized carbons (Fsp3) is 0.333. The SMILES string of the molecule is O=C1NC(=O)/C(=C/c2cnn3c(NC4CC4)nc(N4CCN(c5ccccn5)CC4)nc23)N1. The van der Waals surface area contributed by atoms with E-state index in [1.807, 2.05) is 18.2 Å². The lowest BCUT2D eigenvalue weighted by Gasteiger charge is -2.35. The third-order valence-electron chi connectivity index (χ3n) is 5.85. The van der Waals surface area contributed by atoms with Crippen LogP contribution in [0.25, 0.3) is 11.7 Å². The van der Waals surface area contributed by atoms with Crippen molar-refractivity contribution in [2.45, 2.75) is 18.9 Å².